The molecule has 4 rings (SSSR count). The van der Waals surface area contributed by atoms with Crippen LogP contribution in [-0.4, -0.2) is 11.9 Å². The first-order valence-electron chi connectivity index (χ1n) is 5.13. The highest BCUT2D eigenvalue weighted by Gasteiger charge is 2.57. The van der Waals surface area contributed by atoms with Gasteiger partial charge in [0.05, 0.1) is 7.11 Å². The summed E-state index contributed by atoms with van der Waals surface area (Å²) in [7, 11) is 1.71. The van der Waals surface area contributed by atoms with E-state index >= 15 is 0 Å². The number of hydrogen-bond acceptors (Lipinski definition) is 2. The molecule has 74 valence electrons. The van der Waals surface area contributed by atoms with Gasteiger partial charge in [-0.3, -0.25) is 0 Å². The first-order valence-corrected chi connectivity index (χ1v) is 5.94. The lowest BCUT2D eigenvalue weighted by Gasteiger charge is -2.61. The van der Waals surface area contributed by atoms with Gasteiger partial charge in [0.2, 0.25) is 0 Å². The van der Waals surface area contributed by atoms with Crippen molar-refractivity contribution in [1.82, 2.24) is 0 Å². The third-order valence-corrected chi connectivity index (χ3v) is 4.82. The van der Waals surface area contributed by atoms with E-state index in [-0.39, 0.29) is 0 Å². The Kier molecular flexibility index (Phi) is 1.81. The topological polar surface area (TPSA) is 9.23 Å². The molecule has 0 aromatic heterocycles. The Bertz CT molecular complexity index is 327. The van der Waals surface area contributed by atoms with Crippen LogP contribution >= 0.6 is 11.8 Å². The summed E-state index contributed by atoms with van der Waals surface area (Å²) in [5.41, 5.74) is 0. The SMILES string of the molecule is COc1ccc(SC23CC(C2)C3)cc1. The number of hydrogen-bond donors (Lipinski definition) is 0. The lowest BCUT2D eigenvalue weighted by molar-refractivity contribution is 0.0580. The third kappa shape index (κ3) is 1.24. The molecule has 3 fully saturated rings. The Labute approximate surface area is 88.8 Å². The molecule has 2 bridgehead atoms. The molecule has 0 saturated heterocycles. The standard InChI is InChI=1S/C12H14OS/c1-13-10-2-4-11(5-3-10)14-12-6-9(7-12)8-12/h2-5,9H,6-8H2,1H3. The van der Waals surface area contributed by atoms with Gasteiger partial charge in [-0.05, 0) is 49.4 Å². The highest BCUT2D eigenvalue weighted by atomic mass is 32.2. The summed E-state index contributed by atoms with van der Waals surface area (Å²) in [5.74, 6) is 2.02. The molecule has 0 amide bonds. The number of rotatable bonds is 3. The lowest BCUT2D eigenvalue weighted by atomic mass is 9.55. The Morgan fingerprint density at radius 3 is 2.29 bits per heavy atom. The molecule has 0 heterocycles. The van der Waals surface area contributed by atoms with Gasteiger partial charge in [-0.25, -0.2) is 0 Å². The van der Waals surface area contributed by atoms with Crippen molar-refractivity contribution in [2.75, 3.05) is 7.11 Å². The van der Waals surface area contributed by atoms with Crippen molar-refractivity contribution in [3.8, 4) is 5.75 Å². The summed E-state index contributed by atoms with van der Waals surface area (Å²) < 4.78 is 5.78. The summed E-state index contributed by atoms with van der Waals surface area (Å²) >= 11 is 2.06. The predicted molar refractivity (Wildman–Crippen MR) is 58.9 cm³/mol. The van der Waals surface area contributed by atoms with Gasteiger partial charge in [0.15, 0.2) is 0 Å². The van der Waals surface area contributed by atoms with Crippen LogP contribution in [0.2, 0.25) is 0 Å². The van der Waals surface area contributed by atoms with Crippen LogP contribution < -0.4 is 4.74 Å². The highest BCUT2D eigenvalue weighted by Crippen LogP contribution is 2.66. The molecule has 2 heteroatoms. The monoisotopic (exact) mass is 206 g/mol. The molecule has 0 unspecified atom stereocenters. The summed E-state index contributed by atoms with van der Waals surface area (Å²) in [4.78, 5) is 1.39. The van der Waals surface area contributed by atoms with E-state index in [1.54, 1.807) is 7.11 Å². The van der Waals surface area contributed by atoms with E-state index in [2.05, 4.69) is 23.9 Å². The fourth-order valence-corrected chi connectivity index (χ4v) is 4.15. The number of benzene rings is 1. The Hall–Kier alpha value is -0.630. The Morgan fingerprint density at radius 2 is 1.86 bits per heavy atom. The maximum atomic E-state index is 5.14. The quantitative estimate of drug-likeness (QED) is 0.750. The van der Waals surface area contributed by atoms with Crippen molar-refractivity contribution < 1.29 is 4.74 Å². The van der Waals surface area contributed by atoms with Gasteiger partial charge in [-0.2, -0.15) is 0 Å². The highest BCUT2D eigenvalue weighted by molar-refractivity contribution is 8.00. The van der Waals surface area contributed by atoms with E-state index < -0.39 is 0 Å². The number of ether oxygens (including phenoxy) is 1. The zero-order valence-electron chi connectivity index (χ0n) is 8.32. The van der Waals surface area contributed by atoms with Crippen molar-refractivity contribution in [3.63, 3.8) is 0 Å². The van der Waals surface area contributed by atoms with E-state index in [0.29, 0.717) is 4.75 Å². The van der Waals surface area contributed by atoms with Gasteiger partial charge in [0.1, 0.15) is 5.75 Å². The average Bonchev–Trinajstić information content (AvgIpc) is 2.10. The molecular formula is C12H14OS. The van der Waals surface area contributed by atoms with Crippen molar-refractivity contribution in [2.45, 2.75) is 28.9 Å². The molecule has 0 aliphatic heterocycles. The molecule has 1 aromatic carbocycles. The molecule has 0 N–H and O–H groups in total. The maximum absolute atomic E-state index is 5.14. The van der Waals surface area contributed by atoms with Crippen LogP contribution in [0.1, 0.15) is 19.3 Å². The minimum atomic E-state index is 0.638. The second kappa shape index (κ2) is 2.93. The van der Waals surface area contributed by atoms with Crippen LogP contribution in [0, 0.1) is 5.92 Å². The van der Waals surface area contributed by atoms with Gasteiger partial charge in [0.25, 0.3) is 0 Å². The van der Waals surface area contributed by atoms with Crippen LogP contribution in [0.4, 0.5) is 0 Å². The average molecular weight is 206 g/mol. The summed E-state index contributed by atoms with van der Waals surface area (Å²) in [5, 5.41) is 0. The molecular weight excluding hydrogens is 192 g/mol. The van der Waals surface area contributed by atoms with Gasteiger partial charge < -0.3 is 4.74 Å². The zero-order chi connectivity index (χ0) is 9.60. The fraction of sp³-hybridized carbons (Fsp3) is 0.500. The number of thioether (sulfide) groups is 1. The van der Waals surface area contributed by atoms with E-state index in [1.165, 1.54) is 24.2 Å². The number of methoxy groups -OCH3 is 1. The predicted octanol–water partition coefficient (Wildman–Crippen LogP) is 3.34. The minimum absolute atomic E-state index is 0.638. The molecule has 3 aliphatic rings. The van der Waals surface area contributed by atoms with Crippen molar-refractivity contribution in [2.24, 2.45) is 5.92 Å². The third-order valence-electron chi connectivity index (χ3n) is 3.38. The molecule has 0 radical (unpaired) electrons. The summed E-state index contributed by atoms with van der Waals surface area (Å²) in [6.45, 7) is 0. The van der Waals surface area contributed by atoms with Crippen molar-refractivity contribution in [1.29, 1.82) is 0 Å². The summed E-state index contributed by atoms with van der Waals surface area (Å²) in [6, 6.07) is 8.44. The molecule has 0 spiro atoms. The fourth-order valence-electron chi connectivity index (χ4n) is 2.42. The summed E-state index contributed by atoms with van der Waals surface area (Å²) in [6.07, 6.45) is 4.34. The normalized spacial score (nSPS) is 33.1. The van der Waals surface area contributed by atoms with Gasteiger partial charge >= 0.3 is 0 Å². The van der Waals surface area contributed by atoms with Gasteiger partial charge in [-0.15, -0.1) is 11.8 Å². The van der Waals surface area contributed by atoms with E-state index in [4.69, 9.17) is 4.74 Å². The van der Waals surface area contributed by atoms with E-state index in [0.717, 1.165) is 11.7 Å². The minimum Gasteiger partial charge on any atom is -0.497 e. The Balaban J connectivity index is 1.71. The molecule has 1 nitrogen and oxygen atoms in total. The molecule has 0 atom stereocenters. The zero-order valence-corrected chi connectivity index (χ0v) is 9.14. The van der Waals surface area contributed by atoms with Crippen molar-refractivity contribution >= 4 is 11.8 Å². The molecule has 1 aromatic rings. The van der Waals surface area contributed by atoms with Crippen LogP contribution in [0.5, 0.6) is 5.75 Å². The van der Waals surface area contributed by atoms with Crippen LogP contribution in [0.3, 0.4) is 0 Å². The first kappa shape index (κ1) is 8.66. The molecule has 3 saturated carbocycles. The smallest absolute Gasteiger partial charge is 0.118 e. The molecule has 14 heavy (non-hydrogen) atoms. The van der Waals surface area contributed by atoms with Gasteiger partial charge in [0, 0.05) is 9.64 Å². The molecule has 3 aliphatic carbocycles. The second-order valence-corrected chi connectivity index (χ2v) is 5.98. The van der Waals surface area contributed by atoms with Crippen LogP contribution in [-0.2, 0) is 0 Å². The van der Waals surface area contributed by atoms with E-state index in [1.807, 2.05) is 12.1 Å². The van der Waals surface area contributed by atoms with Crippen LogP contribution in [0.15, 0.2) is 29.2 Å². The van der Waals surface area contributed by atoms with E-state index in [9.17, 15) is 0 Å². The first-order chi connectivity index (χ1) is 6.80. The van der Waals surface area contributed by atoms with Crippen LogP contribution in [0.25, 0.3) is 0 Å². The largest absolute Gasteiger partial charge is 0.497 e. The van der Waals surface area contributed by atoms with Gasteiger partial charge in [-0.1, -0.05) is 0 Å². The lowest BCUT2D eigenvalue weighted by Crippen LogP contribution is -2.55. The van der Waals surface area contributed by atoms with Crippen molar-refractivity contribution in [3.05, 3.63) is 24.3 Å². The second-order valence-electron chi connectivity index (χ2n) is 4.44. The maximum Gasteiger partial charge on any atom is 0.118 e. The Morgan fingerprint density at radius 1 is 1.21 bits per heavy atom.